The summed E-state index contributed by atoms with van der Waals surface area (Å²) in [5.74, 6) is 0.569. The van der Waals surface area contributed by atoms with Crippen LogP contribution in [0.1, 0.15) is 11.1 Å². The van der Waals surface area contributed by atoms with Gasteiger partial charge in [-0.2, -0.15) is 0 Å². The molecule has 0 spiro atoms. The van der Waals surface area contributed by atoms with Gasteiger partial charge in [0.2, 0.25) is 0 Å². The average Bonchev–Trinajstić information content (AvgIpc) is 2.69. The molecule has 3 aromatic carbocycles. The summed E-state index contributed by atoms with van der Waals surface area (Å²) >= 11 is 5.96. The first kappa shape index (κ1) is 16.4. The van der Waals surface area contributed by atoms with Crippen LogP contribution in [-0.2, 0) is 0 Å². The fourth-order valence-electron chi connectivity index (χ4n) is 2.94. The highest BCUT2D eigenvalue weighted by atomic mass is 35.5. The van der Waals surface area contributed by atoms with Crippen LogP contribution in [0, 0.1) is 0 Å². The van der Waals surface area contributed by atoms with Gasteiger partial charge in [0.1, 0.15) is 5.76 Å². The molecular formula is C23H15ClO2. The summed E-state index contributed by atoms with van der Waals surface area (Å²) in [6.07, 6.45) is 3.97. The van der Waals surface area contributed by atoms with E-state index in [-0.39, 0.29) is 5.63 Å². The third kappa shape index (κ3) is 3.19. The van der Waals surface area contributed by atoms with E-state index in [0.29, 0.717) is 16.2 Å². The van der Waals surface area contributed by atoms with Crippen molar-refractivity contribution in [3.05, 3.63) is 105 Å². The largest absolute Gasteiger partial charge is 0.422 e. The van der Waals surface area contributed by atoms with Gasteiger partial charge in [-0.3, -0.25) is 0 Å². The molecule has 0 N–H and O–H groups in total. The Kier molecular flexibility index (Phi) is 4.42. The molecule has 1 heterocycles. The molecule has 126 valence electrons. The number of hydrogen-bond donors (Lipinski definition) is 0. The lowest BCUT2D eigenvalue weighted by Crippen LogP contribution is -2.02. The summed E-state index contributed by atoms with van der Waals surface area (Å²) in [4.78, 5) is 12.4. The van der Waals surface area contributed by atoms with Crippen LogP contribution in [0.2, 0.25) is 5.02 Å². The quantitative estimate of drug-likeness (QED) is 0.431. The molecule has 0 saturated heterocycles. The van der Waals surface area contributed by atoms with Crippen LogP contribution in [0.15, 0.2) is 88.1 Å². The minimum atomic E-state index is -0.330. The van der Waals surface area contributed by atoms with Crippen LogP contribution in [0.5, 0.6) is 0 Å². The summed E-state index contributed by atoms with van der Waals surface area (Å²) in [5, 5.41) is 2.14. The van der Waals surface area contributed by atoms with Crippen molar-refractivity contribution in [3.8, 4) is 11.3 Å². The fourth-order valence-corrected chi connectivity index (χ4v) is 3.07. The van der Waals surface area contributed by atoms with Gasteiger partial charge in [-0.25, -0.2) is 4.79 Å². The van der Waals surface area contributed by atoms with E-state index in [1.807, 2.05) is 84.9 Å². The van der Waals surface area contributed by atoms with Crippen molar-refractivity contribution >= 4 is 34.5 Å². The van der Waals surface area contributed by atoms with E-state index < -0.39 is 0 Å². The van der Waals surface area contributed by atoms with Gasteiger partial charge >= 0.3 is 5.63 Å². The Hall–Kier alpha value is -3.10. The topological polar surface area (TPSA) is 30.2 Å². The maximum atomic E-state index is 12.4. The van der Waals surface area contributed by atoms with Crippen LogP contribution in [0.3, 0.4) is 0 Å². The third-order valence-corrected chi connectivity index (χ3v) is 4.48. The summed E-state index contributed by atoms with van der Waals surface area (Å²) in [6.45, 7) is 0. The molecule has 0 unspecified atom stereocenters. The van der Waals surface area contributed by atoms with Crippen molar-refractivity contribution in [1.82, 2.24) is 0 Å². The van der Waals surface area contributed by atoms with Gasteiger partial charge in [0.15, 0.2) is 0 Å². The molecule has 3 heteroatoms. The van der Waals surface area contributed by atoms with Crippen LogP contribution in [-0.4, -0.2) is 0 Å². The minimum absolute atomic E-state index is 0.330. The Labute approximate surface area is 156 Å². The van der Waals surface area contributed by atoms with E-state index in [4.69, 9.17) is 16.0 Å². The number of fused-ring (bicyclic) bond motifs is 1. The van der Waals surface area contributed by atoms with Gasteiger partial charge in [0.25, 0.3) is 0 Å². The molecule has 0 aliphatic heterocycles. The first-order valence-corrected chi connectivity index (χ1v) is 8.65. The second kappa shape index (κ2) is 7.03. The number of rotatable bonds is 3. The van der Waals surface area contributed by atoms with Gasteiger partial charge in [0.05, 0.1) is 5.39 Å². The molecule has 2 nitrogen and oxygen atoms in total. The Morgan fingerprint density at radius 1 is 0.731 bits per heavy atom. The second-order valence-corrected chi connectivity index (χ2v) is 6.37. The fraction of sp³-hybridized carbons (Fsp3) is 0. The Bertz CT molecular complexity index is 1140. The number of hydrogen-bond acceptors (Lipinski definition) is 2. The lowest BCUT2D eigenvalue weighted by atomic mass is 10.00. The number of benzene rings is 3. The van der Waals surface area contributed by atoms with Crippen molar-refractivity contribution in [1.29, 1.82) is 0 Å². The lowest BCUT2D eigenvalue weighted by Gasteiger charge is -2.08. The Morgan fingerprint density at radius 3 is 2.12 bits per heavy atom. The normalized spacial score (nSPS) is 11.3. The van der Waals surface area contributed by atoms with Crippen molar-refractivity contribution < 1.29 is 4.42 Å². The van der Waals surface area contributed by atoms with Crippen LogP contribution in [0.25, 0.3) is 34.2 Å². The zero-order valence-electron chi connectivity index (χ0n) is 13.9. The third-order valence-electron chi connectivity index (χ3n) is 4.22. The first-order chi connectivity index (χ1) is 12.7. The molecule has 4 aromatic rings. The Balaban J connectivity index is 1.94. The maximum Gasteiger partial charge on any atom is 0.344 e. The average molecular weight is 359 g/mol. The van der Waals surface area contributed by atoms with E-state index in [0.717, 1.165) is 22.1 Å². The zero-order valence-corrected chi connectivity index (χ0v) is 14.6. The summed E-state index contributed by atoms with van der Waals surface area (Å²) in [7, 11) is 0. The predicted octanol–water partition coefficient (Wildman–Crippen LogP) is 6.28. The van der Waals surface area contributed by atoms with Crippen LogP contribution < -0.4 is 5.63 Å². The molecule has 0 bridgehead atoms. The molecule has 0 amide bonds. The van der Waals surface area contributed by atoms with E-state index in [9.17, 15) is 4.79 Å². The summed E-state index contributed by atoms with van der Waals surface area (Å²) in [6, 6.07) is 24.8. The zero-order chi connectivity index (χ0) is 17.9. The standard InChI is InChI=1S/C23H15ClO2/c24-18-13-10-16(11-14-18)12-15-20-19-8-4-5-9-21(19)23(25)26-22(20)17-6-2-1-3-7-17/h1-15H/b15-12+. The molecule has 0 fully saturated rings. The highest BCUT2D eigenvalue weighted by Crippen LogP contribution is 2.30. The molecule has 0 saturated carbocycles. The van der Waals surface area contributed by atoms with E-state index >= 15 is 0 Å². The van der Waals surface area contributed by atoms with Gasteiger partial charge < -0.3 is 4.42 Å². The van der Waals surface area contributed by atoms with Crippen LogP contribution >= 0.6 is 11.6 Å². The molecule has 0 aliphatic carbocycles. The molecular weight excluding hydrogens is 344 g/mol. The molecule has 4 rings (SSSR count). The van der Waals surface area contributed by atoms with Crippen molar-refractivity contribution in [2.45, 2.75) is 0 Å². The second-order valence-electron chi connectivity index (χ2n) is 5.93. The highest BCUT2D eigenvalue weighted by Gasteiger charge is 2.13. The van der Waals surface area contributed by atoms with E-state index in [1.165, 1.54) is 0 Å². The van der Waals surface area contributed by atoms with Gasteiger partial charge in [-0.15, -0.1) is 0 Å². The summed E-state index contributed by atoms with van der Waals surface area (Å²) < 4.78 is 5.69. The Morgan fingerprint density at radius 2 is 1.38 bits per heavy atom. The number of halogens is 1. The molecule has 0 radical (unpaired) electrons. The smallest absolute Gasteiger partial charge is 0.344 e. The van der Waals surface area contributed by atoms with Gasteiger partial charge in [0, 0.05) is 16.1 Å². The highest BCUT2D eigenvalue weighted by molar-refractivity contribution is 6.30. The van der Waals surface area contributed by atoms with Gasteiger partial charge in [-0.05, 0) is 35.2 Å². The predicted molar refractivity (Wildman–Crippen MR) is 108 cm³/mol. The molecule has 0 aliphatic rings. The van der Waals surface area contributed by atoms with Gasteiger partial charge in [-0.1, -0.05) is 78.3 Å². The first-order valence-electron chi connectivity index (χ1n) is 8.27. The van der Waals surface area contributed by atoms with Crippen LogP contribution in [0.4, 0.5) is 0 Å². The van der Waals surface area contributed by atoms with Crippen molar-refractivity contribution in [3.63, 3.8) is 0 Å². The summed E-state index contributed by atoms with van der Waals surface area (Å²) in [5.41, 5.74) is 2.43. The van der Waals surface area contributed by atoms with Crippen molar-refractivity contribution in [2.24, 2.45) is 0 Å². The monoisotopic (exact) mass is 358 g/mol. The van der Waals surface area contributed by atoms with Crippen molar-refractivity contribution in [2.75, 3.05) is 0 Å². The molecule has 0 atom stereocenters. The molecule has 26 heavy (non-hydrogen) atoms. The SMILES string of the molecule is O=c1oc(-c2ccccc2)c(/C=C/c2ccc(Cl)cc2)c2ccccc12. The maximum absolute atomic E-state index is 12.4. The molecule has 1 aromatic heterocycles. The minimum Gasteiger partial charge on any atom is -0.422 e. The van der Waals surface area contributed by atoms with E-state index in [2.05, 4.69) is 0 Å². The lowest BCUT2D eigenvalue weighted by molar-refractivity contribution is 0.534. The van der Waals surface area contributed by atoms with E-state index in [1.54, 1.807) is 6.07 Å².